The molecule has 2 rings (SSSR count). The first-order valence-electron chi connectivity index (χ1n) is 8.71. The number of hydrogen-bond donors (Lipinski definition) is 1. The van der Waals surface area contributed by atoms with Crippen molar-refractivity contribution in [3.63, 3.8) is 0 Å². The Morgan fingerprint density at radius 2 is 1.67 bits per heavy atom. The molecule has 0 heterocycles. The van der Waals surface area contributed by atoms with Crippen LogP contribution in [-0.4, -0.2) is 13.1 Å². The molecule has 1 aliphatic carbocycles. The van der Waals surface area contributed by atoms with Gasteiger partial charge in [-0.2, -0.15) is 0 Å². The van der Waals surface area contributed by atoms with Crippen molar-refractivity contribution in [2.45, 2.75) is 65.7 Å². The second-order valence-corrected chi connectivity index (χ2v) is 7.86. The van der Waals surface area contributed by atoms with Crippen molar-refractivity contribution in [2.75, 3.05) is 13.1 Å². The van der Waals surface area contributed by atoms with E-state index >= 15 is 0 Å². The van der Waals surface area contributed by atoms with Crippen molar-refractivity contribution in [2.24, 2.45) is 11.8 Å². The molecule has 1 aromatic carbocycles. The van der Waals surface area contributed by atoms with Gasteiger partial charge < -0.3 is 5.32 Å². The third-order valence-electron chi connectivity index (χ3n) is 5.08. The summed E-state index contributed by atoms with van der Waals surface area (Å²) in [5.41, 5.74) is 4.75. The van der Waals surface area contributed by atoms with Gasteiger partial charge in [-0.25, -0.2) is 0 Å². The fraction of sp³-hybridized carbons (Fsp3) is 0.700. The lowest BCUT2D eigenvalue weighted by molar-refractivity contribution is 0.231. The van der Waals surface area contributed by atoms with Crippen molar-refractivity contribution in [1.82, 2.24) is 5.32 Å². The summed E-state index contributed by atoms with van der Waals surface area (Å²) >= 11 is 0. The van der Waals surface area contributed by atoms with Crippen LogP contribution in [0.2, 0.25) is 0 Å². The monoisotopic (exact) mass is 287 g/mol. The fourth-order valence-electron chi connectivity index (χ4n) is 3.76. The third kappa shape index (κ3) is 4.32. The predicted octanol–water partition coefficient (Wildman–Crippen LogP) is 5.00. The number of aryl methyl sites for hydroxylation is 2. The smallest absolute Gasteiger partial charge is 0.00781 e. The van der Waals surface area contributed by atoms with Crippen LogP contribution in [0.1, 0.15) is 63.1 Å². The van der Waals surface area contributed by atoms with Crippen LogP contribution in [0.4, 0.5) is 0 Å². The topological polar surface area (TPSA) is 12.0 Å². The summed E-state index contributed by atoms with van der Waals surface area (Å²) in [5, 5.41) is 3.75. The first kappa shape index (κ1) is 16.5. The van der Waals surface area contributed by atoms with Gasteiger partial charge in [0.2, 0.25) is 0 Å². The van der Waals surface area contributed by atoms with E-state index in [-0.39, 0.29) is 0 Å². The summed E-state index contributed by atoms with van der Waals surface area (Å²) in [4.78, 5) is 0. The summed E-state index contributed by atoms with van der Waals surface area (Å²) < 4.78 is 0. The Balaban J connectivity index is 2.22. The first-order chi connectivity index (χ1) is 9.91. The lowest BCUT2D eigenvalue weighted by Gasteiger charge is -2.41. The second kappa shape index (κ2) is 6.96. The molecule has 0 unspecified atom stereocenters. The van der Waals surface area contributed by atoms with E-state index in [9.17, 15) is 0 Å². The molecule has 0 radical (unpaired) electrons. The maximum Gasteiger partial charge on any atom is 0.00781 e. The van der Waals surface area contributed by atoms with Crippen LogP contribution in [0.25, 0.3) is 0 Å². The van der Waals surface area contributed by atoms with E-state index in [0.717, 1.165) is 24.9 Å². The van der Waals surface area contributed by atoms with Gasteiger partial charge in [-0.3, -0.25) is 0 Å². The molecule has 1 nitrogen and oxygen atoms in total. The Bertz CT molecular complexity index is 433. The highest BCUT2D eigenvalue weighted by Gasteiger charge is 2.35. The summed E-state index contributed by atoms with van der Waals surface area (Å²) in [6, 6.07) is 7.16. The quantitative estimate of drug-likeness (QED) is 0.804. The van der Waals surface area contributed by atoms with E-state index < -0.39 is 0 Å². The van der Waals surface area contributed by atoms with Gasteiger partial charge >= 0.3 is 0 Å². The van der Waals surface area contributed by atoms with E-state index in [4.69, 9.17) is 0 Å². The predicted molar refractivity (Wildman–Crippen MR) is 92.9 cm³/mol. The Morgan fingerprint density at radius 1 is 1.10 bits per heavy atom. The van der Waals surface area contributed by atoms with Crippen LogP contribution in [-0.2, 0) is 5.41 Å². The summed E-state index contributed by atoms with van der Waals surface area (Å²) in [5.74, 6) is 1.62. The van der Waals surface area contributed by atoms with Crippen molar-refractivity contribution in [3.05, 3.63) is 34.9 Å². The molecule has 118 valence electrons. The van der Waals surface area contributed by atoms with E-state index in [1.54, 1.807) is 5.56 Å². The van der Waals surface area contributed by atoms with Gasteiger partial charge in [0.15, 0.2) is 0 Å². The van der Waals surface area contributed by atoms with E-state index in [1.807, 2.05) is 0 Å². The van der Waals surface area contributed by atoms with E-state index in [2.05, 4.69) is 58.1 Å². The van der Waals surface area contributed by atoms with Crippen molar-refractivity contribution in [1.29, 1.82) is 0 Å². The average molecular weight is 287 g/mol. The highest BCUT2D eigenvalue weighted by atomic mass is 14.9. The molecule has 0 saturated heterocycles. The Kier molecular flexibility index (Phi) is 5.48. The summed E-state index contributed by atoms with van der Waals surface area (Å²) in [6.07, 6.45) is 5.41. The summed E-state index contributed by atoms with van der Waals surface area (Å²) in [6.45, 7) is 13.7. The van der Waals surface area contributed by atoms with Crippen molar-refractivity contribution >= 4 is 0 Å². The highest BCUT2D eigenvalue weighted by Crippen LogP contribution is 2.41. The van der Waals surface area contributed by atoms with Crippen LogP contribution in [0.5, 0.6) is 0 Å². The van der Waals surface area contributed by atoms with Gasteiger partial charge in [0, 0.05) is 12.0 Å². The standard InChI is InChI=1S/C20H33N/c1-15(2)13-21-14-20(8-6-16(3)7-9-20)19-11-17(4)10-18(5)12-19/h10-12,15-16,21H,6-9,13-14H2,1-5H3. The number of rotatable bonds is 5. The largest absolute Gasteiger partial charge is 0.316 e. The molecule has 0 atom stereocenters. The zero-order chi connectivity index (χ0) is 15.5. The zero-order valence-corrected chi connectivity index (χ0v) is 14.6. The van der Waals surface area contributed by atoms with Gasteiger partial charge in [0.1, 0.15) is 0 Å². The van der Waals surface area contributed by atoms with E-state index in [0.29, 0.717) is 5.41 Å². The zero-order valence-electron chi connectivity index (χ0n) is 14.6. The molecule has 0 aromatic heterocycles. The van der Waals surface area contributed by atoms with Gasteiger partial charge in [-0.05, 0) is 63.5 Å². The molecule has 1 saturated carbocycles. The second-order valence-electron chi connectivity index (χ2n) is 7.86. The van der Waals surface area contributed by atoms with Gasteiger partial charge in [0.05, 0.1) is 0 Å². The fourth-order valence-corrected chi connectivity index (χ4v) is 3.76. The Hall–Kier alpha value is -0.820. The molecule has 1 aliphatic rings. The van der Waals surface area contributed by atoms with E-state index in [1.165, 1.54) is 36.8 Å². The normalized spacial score (nSPS) is 26.3. The molecule has 0 aliphatic heterocycles. The minimum absolute atomic E-state index is 0.359. The third-order valence-corrected chi connectivity index (χ3v) is 5.08. The first-order valence-corrected chi connectivity index (χ1v) is 8.71. The lowest BCUT2D eigenvalue weighted by atomic mass is 9.66. The van der Waals surface area contributed by atoms with Crippen molar-refractivity contribution in [3.8, 4) is 0 Å². The molecule has 0 bridgehead atoms. The molecule has 21 heavy (non-hydrogen) atoms. The van der Waals surface area contributed by atoms with Crippen LogP contribution in [0, 0.1) is 25.7 Å². The number of hydrogen-bond acceptors (Lipinski definition) is 1. The average Bonchev–Trinajstić information content (AvgIpc) is 2.40. The molecular formula is C20H33N. The SMILES string of the molecule is Cc1cc(C)cc(C2(CNCC(C)C)CCC(C)CC2)c1. The van der Waals surface area contributed by atoms with Crippen LogP contribution in [0.3, 0.4) is 0 Å². The molecule has 1 N–H and O–H groups in total. The number of nitrogens with one attached hydrogen (secondary N) is 1. The maximum absolute atomic E-state index is 3.75. The Morgan fingerprint density at radius 3 is 2.19 bits per heavy atom. The minimum Gasteiger partial charge on any atom is -0.316 e. The minimum atomic E-state index is 0.359. The maximum atomic E-state index is 3.75. The van der Waals surface area contributed by atoms with Crippen LogP contribution < -0.4 is 5.32 Å². The highest BCUT2D eigenvalue weighted by molar-refractivity contribution is 5.35. The van der Waals surface area contributed by atoms with Crippen LogP contribution >= 0.6 is 0 Å². The molecule has 0 spiro atoms. The summed E-state index contributed by atoms with van der Waals surface area (Å²) in [7, 11) is 0. The number of benzene rings is 1. The molecule has 1 heteroatoms. The molecular weight excluding hydrogens is 254 g/mol. The van der Waals surface area contributed by atoms with Gasteiger partial charge in [-0.15, -0.1) is 0 Å². The Labute approximate surface area is 131 Å². The lowest BCUT2D eigenvalue weighted by Crippen LogP contribution is -2.42. The van der Waals surface area contributed by atoms with Crippen molar-refractivity contribution < 1.29 is 0 Å². The molecule has 0 amide bonds. The molecule has 1 fully saturated rings. The van der Waals surface area contributed by atoms with Gasteiger partial charge in [0.25, 0.3) is 0 Å². The van der Waals surface area contributed by atoms with Crippen LogP contribution in [0.15, 0.2) is 18.2 Å². The molecule has 1 aromatic rings. The van der Waals surface area contributed by atoms with Gasteiger partial charge in [-0.1, -0.05) is 50.1 Å².